The lowest BCUT2D eigenvalue weighted by Crippen LogP contribution is -2.19. The molecule has 2 aromatic rings. The number of halogens is 1. The fourth-order valence-electron chi connectivity index (χ4n) is 1.75. The van der Waals surface area contributed by atoms with Crippen molar-refractivity contribution >= 4 is 39.4 Å². The minimum absolute atomic E-state index is 0.00241. The van der Waals surface area contributed by atoms with Crippen LogP contribution in [-0.2, 0) is 0 Å². The molecule has 2 rings (SSSR count). The minimum atomic E-state index is -0.396. The van der Waals surface area contributed by atoms with E-state index in [4.69, 9.17) is 0 Å². The van der Waals surface area contributed by atoms with E-state index >= 15 is 0 Å². The molecule has 0 amide bonds. The smallest absolute Gasteiger partial charge is 0.268 e. The van der Waals surface area contributed by atoms with Gasteiger partial charge in [-0.3, -0.25) is 9.59 Å². The molecule has 1 N–H and O–H groups in total. The highest BCUT2D eigenvalue weighted by atomic mass is 127. The third-order valence-electron chi connectivity index (χ3n) is 2.56. The number of aromatic nitrogens is 1. The van der Waals surface area contributed by atoms with Crippen molar-refractivity contribution in [3.63, 3.8) is 0 Å². The lowest BCUT2D eigenvalue weighted by Gasteiger charge is -2.09. The molecule has 0 atom stereocenters. The molecule has 5 heteroatoms. The zero-order valence-corrected chi connectivity index (χ0v) is 11.7. The number of hydrogen-bond acceptors (Lipinski definition) is 3. The summed E-state index contributed by atoms with van der Waals surface area (Å²) in [5.74, 6) is -0.560. The van der Waals surface area contributed by atoms with E-state index < -0.39 is 5.78 Å². The lowest BCUT2D eigenvalue weighted by atomic mass is 10.1. The lowest BCUT2D eigenvalue weighted by molar-refractivity contribution is 0.103. The number of benzene rings is 1. The minimum Gasteiger partial charge on any atom is -0.505 e. The van der Waals surface area contributed by atoms with Crippen LogP contribution in [0.3, 0.4) is 0 Å². The second-order valence-electron chi connectivity index (χ2n) is 3.69. The van der Waals surface area contributed by atoms with Crippen LogP contribution in [-0.4, -0.2) is 13.7 Å². The van der Waals surface area contributed by atoms with Crippen LogP contribution in [0.25, 0.3) is 10.8 Å². The number of aromatic hydroxyl groups is 1. The van der Waals surface area contributed by atoms with Gasteiger partial charge < -0.3 is 5.11 Å². The molecule has 0 fully saturated rings. The van der Waals surface area contributed by atoms with Gasteiger partial charge in [0.2, 0.25) is 5.78 Å². The number of nitrogens with zero attached hydrogens (tertiary/aromatic N) is 1. The third kappa shape index (κ3) is 1.94. The molecule has 0 aliphatic carbocycles. The van der Waals surface area contributed by atoms with Crippen molar-refractivity contribution in [2.75, 3.05) is 0 Å². The van der Waals surface area contributed by atoms with E-state index in [-0.39, 0.29) is 17.0 Å². The standard InChI is InChI=1S/C13H10INO3/c1-2-5-10(16)11-12(17)8-6-3-4-7-9(8)13(18)15(11)14/h2-7,17H,1H3/b5-2+. The van der Waals surface area contributed by atoms with Crippen molar-refractivity contribution in [3.8, 4) is 5.75 Å². The van der Waals surface area contributed by atoms with Gasteiger partial charge in [0.25, 0.3) is 5.56 Å². The highest BCUT2D eigenvalue weighted by molar-refractivity contribution is 14.1. The van der Waals surface area contributed by atoms with Crippen LogP contribution in [0.4, 0.5) is 0 Å². The van der Waals surface area contributed by atoms with Gasteiger partial charge in [-0.2, -0.15) is 0 Å². The quantitative estimate of drug-likeness (QED) is 0.512. The average molecular weight is 355 g/mol. The molecule has 18 heavy (non-hydrogen) atoms. The molecule has 0 unspecified atom stereocenters. The predicted molar refractivity (Wildman–Crippen MR) is 78.4 cm³/mol. The van der Waals surface area contributed by atoms with Crippen LogP contribution in [0.15, 0.2) is 41.2 Å². The number of pyridine rings is 1. The summed E-state index contributed by atoms with van der Waals surface area (Å²) in [4.78, 5) is 23.9. The maximum absolute atomic E-state index is 12.1. The zero-order chi connectivity index (χ0) is 13.3. The summed E-state index contributed by atoms with van der Waals surface area (Å²) < 4.78 is 1.15. The normalized spacial score (nSPS) is 11.2. The van der Waals surface area contributed by atoms with Crippen molar-refractivity contribution < 1.29 is 9.90 Å². The zero-order valence-electron chi connectivity index (χ0n) is 9.55. The highest BCUT2D eigenvalue weighted by Crippen LogP contribution is 2.27. The summed E-state index contributed by atoms with van der Waals surface area (Å²) in [5, 5.41) is 10.9. The molecule has 0 bridgehead atoms. The Kier molecular flexibility index (Phi) is 3.51. The number of carbonyl (C=O) groups excluding carboxylic acids is 1. The van der Waals surface area contributed by atoms with Gasteiger partial charge in [0.1, 0.15) is 5.69 Å². The van der Waals surface area contributed by atoms with Gasteiger partial charge in [-0.05, 0) is 19.1 Å². The molecule has 92 valence electrons. The number of carbonyl (C=O) groups is 1. The van der Waals surface area contributed by atoms with Gasteiger partial charge in [0, 0.05) is 5.39 Å². The van der Waals surface area contributed by atoms with Gasteiger partial charge in [0.05, 0.1) is 28.3 Å². The number of fused-ring (bicyclic) bond motifs is 1. The summed E-state index contributed by atoms with van der Waals surface area (Å²) in [7, 11) is 0. The molecule has 4 nitrogen and oxygen atoms in total. The Morgan fingerprint density at radius 3 is 2.56 bits per heavy atom. The van der Waals surface area contributed by atoms with E-state index in [1.54, 1.807) is 60.1 Å². The molecule has 0 saturated carbocycles. The largest absolute Gasteiger partial charge is 0.505 e. The molecule has 0 aliphatic heterocycles. The summed E-state index contributed by atoms with van der Waals surface area (Å²) in [6.45, 7) is 1.70. The maximum Gasteiger partial charge on any atom is 0.268 e. The Labute approximate surface area is 117 Å². The van der Waals surface area contributed by atoms with Gasteiger partial charge >= 0.3 is 0 Å². The first kappa shape index (κ1) is 12.8. The van der Waals surface area contributed by atoms with E-state index in [1.807, 2.05) is 0 Å². The number of ketones is 1. The van der Waals surface area contributed by atoms with Gasteiger partial charge in [-0.25, -0.2) is 2.78 Å². The van der Waals surface area contributed by atoms with Gasteiger partial charge in [0.15, 0.2) is 5.75 Å². The first-order valence-corrected chi connectivity index (χ1v) is 6.24. The Balaban J connectivity index is 2.92. The highest BCUT2D eigenvalue weighted by Gasteiger charge is 2.18. The third-order valence-corrected chi connectivity index (χ3v) is 3.48. The summed E-state index contributed by atoms with van der Waals surface area (Å²) >= 11 is 1.72. The average Bonchev–Trinajstić information content (AvgIpc) is 2.37. The fraction of sp³-hybridized carbons (Fsp3) is 0.0769. The van der Waals surface area contributed by atoms with Crippen molar-refractivity contribution in [1.29, 1.82) is 0 Å². The SMILES string of the molecule is C/C=C/C(=O)c1c(O)c2ccccc2c(=O)n1I. The van der Waals surface area contributed by atoms with E-state index in [0.29, 0.717) is 10.8 Å². The molecule has 0 saturated heterocycles. The van der Waals surface area contributed by atoms with Crippen LogP contribution >= 0.6 is 22.9 Å². The van der Waals surface area contributed by atoms with E-state index in [9.17, 15) is 14.7 Å². The molecular weight excluding hydrogens is 345 g/mol. The Bertz CT molecular complexity index is 716. The monoisotopic (exact) mass is 355 g/mol. The molecule has 1 aromatic heterocycles. The van der Waals surface area contributed by atoms with Crippen LogP contribution in [0, 0.1) is 0 Å². The van der Waals surface area contributed by atoms with Crippen LogP contribution in [0.1, 0.15) is 17.4 Å². The molecule has 1 heterocycles. The van der Waals surface area contributed by atoms with E-state index in [0.717, 1.165) is 2.78 Å². The Morgan fingerprint density at radius 2 is 1.94 bits per heavy atom. The Hall–Kier alpha value is -1.63. The van der Waals surface area contributed by atoms with Crippen LogP contribution in [0.5, 0.6) is 5.75 Å². The number of allylic oxidation sites excluding steroid dienone is 2. The second-order valence-corrected chi connectivity index (χ2v) is 4.66. The Morgan fingerprint density at radius 1 is 1.33 bits per heavy atom. The molecular formula is C13H10INO3. The van der Waals surface area contributed by atoms with E-state index in [2.05, 4.69) is 0 Å². The summed E-state index contributed by atoms with van der Waals surface area (Å²) in [5.41, 5.74) is -0.311. The molecule has 0 aliphatic rings. The van der Waals surface area contributed by atoms with E-state index in [1.165, 1.54) is 6.08 Å². The van der Waals surface area contributed by atoms with Crippen molar-refractivity contribution in [2.45, 2.75) is 6.92 Å². The predicted octanol–water partition coefficient (Wildman–Crippen LogP) is 2.66. The summed E-state index contributed by atoms with van der Waals surface area (Å²) in [6, 6.07) is 6.67. The van der Waals surface area contributed by atoms with Crippen LogP contribution in [0.2, 0.25) is 0 Å². The summed E-state index contributed by atoms with van der Waals surface area (Å²) in [6.07, 6.45) is 2.89. The van der Waals surface area contributed by atoms with Gasteiger partial charge in [-0.1, -0.05) is 24.3 Å². The maximum atomic E-state index is 12.1. The molecule has 1 aromatic carbocycles. The number of hydrogen-bond donors (Lipinski definition) is 1. The molecule has 0 spiro atoms. The van der Waals surface area contributed by atoms with Crippen molar-refractivity contribution in [1.82, 2.24) is 2.78 Å². The van der Waals surface area contributed by atoms with Crippen molar-refractivity contribution in [2.24, 2.45) is 0 Å². The topological polar surface area (TPSA) is 59.3 Å². The van der Waals surface area contributed by atoms with Crippen LogP contribution < -0.4 is 5.56 Å². The fourth-order valence-corrected chi connectivity index (χ4v) is 2.47. The number of rotatable bonds is 2. The second kappa shape index (κ2) is 4.93. The van der Waals surface area contributed by atoms with Crippen molar-refractivity contribution in [3.05, 3.63) is 52.5 Å². The van der Waals surface area contributed by atoms with Gasteiger partial charge in [-0.15, -0.1) is 0 Å². The first-order chi connectivity index (χ1) is 8.57. The molecule has 0 radical (unpaired) electrons. The first-order valence-electron chi connectivity index (χ1n) is 5.27.